The molecule has 37 heavy (non-hydrogen) atoms. The first-order valence-electron chi connectivity index (χ1n) is 12.5. The van der Waals surface area contributed by atoms with E-state index in [9.17, 15) is 14.7 Å². The molecule has 9 heteroatoms. The molecule has 1 aliphatic heterocycles. The maximum Gasteiger partial charge on any atom is 0.321 e. The van der Waals surface area contributed by atoms with Crippen molar-refractivity contribution in [3.8, 4) is 23.5 Å². The highest BCUT2D eigenvalue weighted by atomic mass is 16.5. The van der Waals surface area contributed by atoms with Gasteiger partial charge in [0.1, 0.15) is 17.4 Å². The van der Waals surface area contributed by atoms with Crippen molar-refractivity contribution in [3.63, 3.8) is 0 Å². The average molecular weight is 509 g/mol. The molecule has 1 aliphatic rings. The molecule has 0 bridgehead atoms. The Morgan fingerprint density at radius 3 is 2.76 bits per heavy atom. The minimum absolute atomic E-state index is 0.145. The third-order valence-corrected chi connectivity index (χ3v) is 6.27. The molecule has 2 aromatic rings. The third kappa shape index (κ3) is 7.14. The highest BCUT2D eigenvalue weighted by molar-refractivity contribution is 5.97. The fourth-order valence-corrected chi connectivity index (χ4v) is 3.92. The van der Waals surface area contributed by atoms with Crippen LogP contribution in [0.15, 0.2) is 36.5 Å². The van der Waals surface area contributed by atoms with Crippen LogP contribution in [0.2, 0.25) is 0 Å². The van der Waals surface area contributed by atoms with Gasteiger partial charge in [0, 0.05) is 43.4 Å². The van der Waals surface area contributed by atoms with E-state index in [-0.39, 0.29) is 36.9 Å². The van der Waals surface area contributed by atoms with E-state index in [1.54, 1.807) is 67.4 Å². The Hall–Kier alpha value is -3.77. The highest BCUT2D eigenvalue weighted by Crippen LogP contribution is 2.27. The van der Waals surface area contributed by atoms with Crippen LogP contribution in [0, 0.1) is 17.8 Å². The Kier molecular flexibility index (Phi) is 9.75. The number of unbranched alkanes of at least 4 members (excludes halogenated alkanes) is 1. The minimum Gasteiger partial charge on any atom is -0.497 e. The van der Waals surface area contributed by atoms with E-state index in [2.05, 4.69) is 29.1 Å². The number of nitrogens with zero attached hydrogens (tertiary/aromatic N) is 3. The van der Waals surface area contributed by atoms with Gasteiger partial charge in [0.05, 0.1) is 26.3 Å². The van der Waals surface area contributed by atoms with Gasteiger partial charge in [-0.05, 0) is 43.7 Å². The molecule has 1 aromatic heterocycles. The minimum atomic E-state index is -0.448. The molecular formula is C28H36N4O5. The summed E-state index contributed by atoms with van der Waals surface area (Å²) in [6, 6.07) is 8.07. The molecule has 198 valence electrons. The number of methoxy groups -OCH3 is 1. The first-order chi connectivity index (χ1) is 17.8. The number of pyridine rings is 1. The molecule has 0 spiro atoms. The van der Waals surface area contributed by atoms with Crippen LogP contribution >= 0.6 is 0 Å². The van der Waals surface area contributed by atoms with Crippen LogP contribution in [0.4, 0.5) is 10.5 Å². The number of hydrogen-bond donors (Lipinski definition) is 2. The summed E-state index contributed by atoms with van der Waals surface area (Å²) in [5.41, 5.74) is 1.56. The van der Waals surface area contributed by atoms with Crippen LogP contribution in [0.5, 0.6) is 11.6 Å². The molecule has 3 amide bonds. The van der Waals surface area contributed by atoms with Crippen molar-refractivity contribution < 1.29 is 24.2 Å². The molecule has 0 saturated carbocycles. The van der Waals surface area contributed by atoms with Crippen molar-refractivity contribution in [3.05, 3.63) is 47.7 Å². The van der Waals surface area contributed by atoms with E-state index in [1.807, 2.05) is 6.92 Å². The summed E-state index contributed by atoms with van der Waals surface area (Å²) < 4.78 is 11.4. The maximum absolute atomic E-state index is 13.5. The number of benzene rings is 1. The number of aliphatic hydroxyl groups is 1. The first kappa shape index (κ1) is 27.8. The number of fused-ring (bicyclic) bond motifs is 1. The number of amides is 3. The normalized spacial score (nSPS) is 17.8. The lowest BCUT2D eigenvalue weighted by molar-refractivity contribution is 0.0356. The van der Waals surface area contributed by atoms with Gasteiger partial charge >= 0.3 is 6.03 Å². The fourth-order valence-electron chi connectivity index (χ4n) is 3.92. The summed E-state index contributed by atoms with van der Waals surface area (Å²) >= 11 is 0. The fraction of sp³-hybridized carbons (Fsp3) is 0.464. The number of aromatic nitrogens is 1. The number of rotatable bonds is 7. The van der Waals surface area contributed by atoms with E-state index in [0.29, 0.717) is 29.1 Å². The molecule has 1 aromatic carbocycles. The molecule has 0 unspecified atom stereocenters. The van der Waals surface area contributed by atoms with E-state index >= 15 is 0 Å². The van der Waals surface area contributed by atoms with Gasteiger partial charge in [-0.2, -0.15) is 0 Å². The van der Waals surface area contributed by atoms with Crippen LogP contribution < -0.4 is 14.8 Å². The standard InChI is InChI=1S/C28H36N4O5/c1-6-7-8-9-21-14-24-26(29-15-21)37-25(19(2)16-32(27(24)34)20(3)18-33)17-31(4)28(35)30-22-10-12-23(36-5)13-11-22/h10-15,19-20,25,33H,6-7,16-18H2,1-5H3,(H,30,35)/t19-,20-,25-/m0/s1. The van der Waals surface area contributed by atoms with Gasteiger partial charge in [-0.25, -0.2) is 9.78 Å². The third-order valence-electron chi connectivity index (χ3n) is 6.27. The number of aliphatic hydroxyl groups excluding tert-OH is 1. The van der Waals surface area contributed by atoms with Crippen molar-refractivity contribution >= 4 is 17.6 Å². The van der Waals surface area contributed by atoms with Crippen molar-refractivity contribution in [2.24, 2.45) is 5.92 Å². The topological polar surface area (TPSA) is 104 Å². The van der Waals surface area contributed by atoms with Gasteiger partial charge in [-0.3, -0.25) is 4.79 Å². The van der Waals surface area contributed by atoms with Gasteiger partial charge < -0.3 is 29.7 Å². The molecule has 2 N–H and O–H groups in total. The number of likely N-dealkylation sites (N-methyl/N-ethyl adjacent to an activating group) is 1. The summed E-state index contributed by atoms with van der Waals surface area (Å²) in [6.45, 7) is 6.25. The number of nitrogens with one attached hydrogen (secondary N) is 1. The quantitative estimate of drug-likeness (QED) is 0.554. The maximum atomic E-state index is 13.5. The first-order valence-corrected chi connectivity index (χ1v) is 12.5. The Labute approximate surface area is 218 Å². The van der Waals surface area contributed by atoms with Gasteiger partial charge in [0.2, 0.25) is 5.88 Å². The van der Waals surface area contributed by atoms with E-state index in [4.69, 9.17) is 9.47 Å². The number of anilines is 1. The second-order valence-electron chi connectivity index (χ2n) is 9.29. The molecule has 0 saturated heterocycles. The van der Waals surface area contributed by atoms with Crippen molar-refractivity contribution in [1.29, 1.82) is 0 Å². The number of carbonyl (C=O) groups is 2. The number of ether oxygens (including phenoxy) is 2. The van der Waals surface area contributed by atoms with Crippen LogP contribution in [0.25, 0.3) is 0 Å². The molecule has 0 fully saturated rings. The second-order valence-corrected chi connectivity index (χ2v) is 9.29. The molecule has 3 rings (SSSR count). The summed E-state index contributed by atoms with van der Waals surface area (Å²) in [5, 5.41) is 12.7. The lowest BCUT2D eigenvalue weighted by Crippen LogP contribution is -2.50. The lowest BCUT2D eigenvalue weighted by atomic mass is 10.00. The highest BCUT2D eigenvalue weighted by Gasteiger charge is 2.34. The van der Waals surface area contributed by atoms with Crippen molar-refractivity contribution in [1.82, 2.24) is 14.8 Å². The molecule has 0 radical (unpaired) electrons. The zero-order valence-electron chi connectivity index (χ0n) is 22.2. The van der Waals surface area contributed by atoms with Crippen LogP contribution in [-0.2, 0) is 0 Å². The van der Waals surface area contributed by atoms with Crippen LogP contribution in [0.3, 0.4) is 0 Å². The SMILES string of the molecule is CCCC#Cc1cnc2c(c1)C(=O)N([C@@H](C)CO)C[C@H](C)[C@H](CN(C)C(=O)Nc1ccc(OC)cc1)O2. The monoisotopic (exact) mass is 508 g/mol. The summed E-state index contributed by atoms with van der Waals surface area (Å²) in [5.74, 6) is 6.61. The zero-order chi connectivity index (χ0) is 26.9. The second kappa shape index (κ2) is 13.0. The molecule has 2 heterocycles. The average Bonchev–Trinajstić information content (AvgIpc) is 2.90. The molecular weight excluding hydrogens is 472 g/mol. The van der Waals surface area contributed by atoms with E-state index < -0.39 is 12.1 Å². The summed E-state index contributed by atoms with van der Waals surface area (Å²) in [7, 11) is 3.27. The summed E-state index contributed by atoms with van der Waals surface area (Å²) in [4.78, 5) is 34.0. The predicted octanol–water partition coefficient (Wildman–Crippen LogP) is 3.63. The largest absolute Gasteiger partial charge is 0.497 e. The number of carbonyl (C=O) groups excluding carboxylic acids is 2. The summed E-state index contributed by atoms with van der Waals surface area (Å²) in [6.07, 6.45) is 2.84. The molecule has 0 aliphatic carbocycles. The predicted molar refractivity (Wildman–Crippen MR) is 142 cm³/mol. The van der Waals surface area contributed by atoms with E-state index in [1.165, 1.54) is 0 Å². The number of hydrogen-bond acceptors (Lipinski definition) is 6. The van der Waals surface area contributed by atoms with Gasteiger partial charge in [0.15, 0.2) is 0 Å². The Balaban J connectivity index is 1.84. The van der Waals surface area contributed by atoms with Crippen LogP contribution in [-0.4, -0.2) is 77.8 Å². The molecule has 3 atom stereocenters. The van der Waals surface area contributed by atoms with Gasteiger partial charge in [0.25, 0.3) is 5.91 Å². The van der Waals surface area contributed by atoms with Crippen LogP contribution in [0.1, 0.15) is 49.5 Å². The Morgan fingerprint density at radius 1 is 1.38 bits per heavy atom. The molecule has 9 nitrogen and oxygen atoms in total. The lowest BCUT2D eigenvalue weighted by Gasteiger charge is -2.37. The Bertz CT molecular complexity index is 1140. The van der Waals surface area contributed by atoms with E-state index in [0.717, 1.165) is 12.8 Å². The van der Waals surface area contributed by atoms with Gasteiger partial charge in [-0.1, -0.05) is 25.7 Å². The smallest absolute Gasteiger partial charge is 0.321 e. The zero-order valence-corrected chi connectivity index (χ0v) is 22.2. The Morgan fingerprint density at radius 2 is 2.11 bits per heavy atom. The van der Waals surface area contributed by atoms with Crippen molar-refractivity contribution in [2.75, 3.05) is 39.2 Å². The number of urea groups is 1. The van der Waals surface area contributed by atoms with Crippen molar-refractivity contribution in [2.45, 2.75) is 45.8 Å². The van der Waals surface area contributed by atoms with Gasteiger partial charge in [-0.15, -0.1) is 0 Å².